The second kappa shape index (κ2) is 9.93. The van der Waals surface area contributed by atoms with Crippen LogP contribution in [0.3, 0.4) is 0 Å². The Morgan fingerprint density at radius 2 is 1.50 bits per heavy atom. The maximum atomic E-state index is 14.7. The Kier molecular flexibility index (Phi) is 6.79. The lowest BCUT2D eigenvalue weighted by Gasteiger charge is -2.08. The molecule has 4 rings (SSSR count). The molecular formula is C29H19F5. The second-order valence-corrected chi connectivity index (χ2v) is 7.78. The number of hydrogen-bond donors (Lipinski definition) is 0. The van der Waals surface area contributed by atoms with Gasteiger partial charge in [-0.1, -0.05) is 48.3 Å². The van der Waals surface area contributed by atoms with E-state index in [1.807, 2.05) is 19.1 Å². The van der Waals surface area contributed by atoms with E-state index in [1.165, 1.54) is 36.4 Å². The molecule has 4 aromatic carbocycles. The van der Waals surface area contributed by atoms with Crippen molar-refractivity contribution in [2.75, 3.05) is 0 Å². The van der Waals surface area contributed by atoms with Gasteiger partial charge >= 0.3 is 0 Å². The summed E-state index contributed by atoms with van der Waals surface area (Å²) in [5.74, 6) is 0.758. The summed E-state index contributed by atoms with van der Waals surface area (Å²) in [7, 11) is 0. The standard InChI is InChI=1S/C29H19F5/c1-2-3-4-5-18-6-10-22(26(31)15-18)21-16-27(32)24(28(33)17-21)12-8-19-7-11-23-20(14-19)9-13-25(30)29(23)34/h2-3,6-7,9-11,13-17H,4-5H2,1H3/b3-2+. The summed E-state index contributed by atoms with van der Waals surface area (Å²) in [6.45, 7) is 1.91. The Morgan fingerprint density at radius 1 is 0.735 bits per heavy atom. The van der Waals surface area contributed by atoms with E-state index in [9.17, 15) is 22.0 Å². The van der Waals surface area contributed by atoms with Gasteiger partial charge < -0.3 is 0 Å². The van der Waals surface area contributed by atoms with E-state index >= 15 is 0 Å². The van der Waals surface area contributed by atoms with E-state index in [-0.39, 0.29) is 16.5 Å². The molecule has 0 unspecified atom stereocenters. The van der Waals surface area contributed by atoms with Gasteiger partial charge in [-0.05, 0) is 72.7 Å². The summed E-state index contributed by atoms with van der Waals surface area (Å²) in [6.07, 6.45) is 5.33. The maximum Gasteiger partial charge on any atom is 0.166 e. The van der Waals surface area contributed by atoms with Gasteiger partial charge in [0.05, 0.1) is 5.56 Å². The number of aryl methyl sites for hydroxylation is 1. The van der Waals surface area contributed by atoms with Crippen LogP contribution in [0.4, 0.5) is 22.0 Å². The quantitative estimate of drug-likeness (QED) is 0.163. The van der Waals surface area contributed by atoms with Crippen LogP contribution in [0.5, 0.6) is 0 Å². The zero-order valence-corrected chi connectivity index (χ0v) is 18.2. The van der Waals surface area contributed by atoms with Crippen LogP contribution in [0.1, 0.15) is 30.0 Å². The molecule has 4 aromatic rings. The Balaban J connectivity index is 1.63. The van der Waals surface area contributed by atoms with Crippen molar-refractivity contribution in [3.8, 4) is 23.0 Å². The van der Waals surface area contributed by atoms with Gasteiger partial charge in [0.25, 0.3) is 0 Å². The number of halogens is 5. The highest BCUT2D eigenvalue weighted by atomic mass is 19.2. The van der Waals surface area contributed by atoms with Crippen molar-refractivity contribution in [3.63, 3.8) is 0 Å². The fourth-order valence-electron chi connectivity index (χ4n) is 3.69. The highest BCUT2D eigenvalue weighted by Crippen LogP contribution is 2.28. The summed E-state index contributed by atoms with van der Waals surface area (Å²) >= 11 is 0. The molecule has 0 spiro atoms. The molecule has 0 aromatic heterocycles. The van der Waals surface area contributed by atoms with E-state index in [2.05, 4.69) is 11.8 Å². The first-order valence-electron chi connectivity index (χ1n) is 10.7. The van der Waals surface area contributed by atoms with Gasteiger partial charge in [-0.15, -0.1) is 0 Å². The lowest BCUT2D eigenvalue weighted by Crippen LogP contribution is -1.95. The molecule has 0 bridgehead atoms. The van der Waals surface area contributed by atoms with Crippen molar-refractivity contribution in [1.82, 2.24) is 0 Å². The fourth-order valence-corrected chi connectivity index (χ4v) is 3.69. The molecule has 0 aliphatic heterocycles. The fraction of sp³-hybridized carbons (Fsp3) is 0.103. The average Bonchev–Trinajstić information content (AvgIpc) is 2.81. The first kappa shape index (κ1) is 23.3. The third-order valence-corrected chi connectivity index (χ3v) is 5.46. The number of hydrogen-bond acceptors (Lipinski definition) is 0. The molecule has 0 heterocycles. The van der Waals surface area contributed by atoms with E-state index in [0.29, 0.717) is 17.4 Å². The summed E-state index contributed by atoms with van der Waals surface area (Å²) in [5.41, 5.74) is 0.872. The Morgan fingerprint density at radius 3 is 2.21 bits per heavy atom. The van der Waals surface area contributed by atoms with E-state index in [1.54, 1.807) is 6.07 Å². The molecule has 0 radical (unpaired) electrons. The topological polar surface area (TPSA) is 0 Å². The van der Waals surface area contributed by atoms with Gasteiger partial charge in [-0.25, -0.2) is 22.0 Å². The van der Waals surface area contributed by atoms with Crippen LogP contribution in [0.2, 0.25) is 0 Å². The van der Waals surface area contributed by atoms with Crippen LogP contribution >= 0.6 is 0 Å². The molecule has 0 saturated carbocycles. The summed E-state index contributed by atoms with van der Waals surface area (Å²) in [5, 5.41) is 0.494. The molecule has 0 nitrogen and oxygen atoms in total. The zero-order chi connectivity index (χ0) is 24.2. The zero-order valence-electron chi connectivity index (χ0n) is 18.2. The predicted molar refractivity (Wildman–Crippen MR) is 125 cm³/mol. The van der Waals surface area contributed by atoms with Gasteiger partial charge in [0.15, 0.2) is 11.6 Å². The van der Waals surface area contributed by atoms with E-state index in [0.717, 1.165) is 30.2 Å². The van der Waals surface area contributed by atoms with E-state index < -0.39 is 34.6 Å². The SMILES string of the molecule is C/C=C/CCc1ccc(-c2cc(F)c(C#Cc3ccc4c(F)c(F)ccc4c3)c(F)c2)c(F)c1. The van der Waals surface area contributed by atoms with Gasteiger partial charge in [0.1, 0.15) is 17.5 Å². The van der Waals surface area contributed by atoms with Gasteiger partial charge in [0, 0.05) is 16.5 Å². The molecule has 34 heavy (non-hydrogen) atoms. The van der Waals surface area contributed by atoms with Gasteiger partial charge in [-0.3, -0.25) is 0 Å². The minimum absolute atomic E-state index is 0.0706. The summed E-state index contributed by atoms with van der Waals surface area (Å²) in [6, 6.07) is 13.4. The van der Waals surface area contributed by atoms with Crippen LogP contribution < -0.4 is 0 Å². The molecule has 0 aliphatic rings. The highest BCUT2D eigenvalue weighted by molar-refractivity contribution is 5.84. The molecule has 5 heteroatoms. The third kappa shape index (κ3) is 4.87. The summed E-state index contributed by atoms with van der Waals surface area (Å²) in [4.78, 5) is 0. The van der Waals surface area contributed by atoms with Crippen molar-refractivity contribution >= 4 is 10.8 Å². The van der Waals surface area contributed by atoms with Crippen molar-refractivity contribution < 1.29 is 22.0 Å². The number of fused-ring (bicyclic) bond motifs is 1. The lowest BCUT2D eigenvalue weighted by molar-refractivity contribution is 0.517. The van der Waals surface area contributed by atoms with Crippen LogP contribution in [-0.2, 0) is 6.42 Å². The Bertz CT molecular complexity index is 1450. The molecule has 0 aliphatic carbocycles. The van der Waals surface area contributed by atoms with E-state index in [4.69, 9.17) is 0 Å². The first-order chi connectivity index (χ1) is 16.4. The molecule has 0 atom stereocenters. The van der Waals surface area contributed by atoms with Crippen molar-refractivity contribution in [3.05, 3.63) is 119 Å². The van der Waals surface area contributed by atoms with Crippen molar-refractivity contribution in [1.29, 1.82) is 0 Å². The number of rotatable bonds is 4. The molecule has 0 N–H and O–H groups in total. The average molecular weight is 462 g/mol. The normalized spacial score (nSPS) is 11.1. The van der Waals surface area contributed by atoms with Crippen LogP contribution in [0.15, 0.2) is 72.8 Å². The molecule has 170 valence electrons. The first-order valence-corrected chi connectivity index (χ1v) is 10.7. The van der Waals surface area contributed by atoms with Gasteiger partial charge in [0.2, 0.25) is 0 Å². The predicted octanol–water partition coefficient (Wildman–Crippen LogP) is 8.11. The Labute approximate surface area is 194 Å². The van der Waals surface area contributed by atoms with Crippen LogP contribution in [0, 0.1) is 40.9 Å². The minimum atomic E-state index is -0.970. The van der Waals surface area contributed by atoms with Crippen molar-refractivity contribution in [2.45, 2.75) is 19.8 Å². The third-order valence-electron chi connectivity index (χ3n) is 5.46. The van der Waals surface area contributed by atoms with Gasteiger partial charge in [-0.2, -0.15) is 0 Å². The monoisotopic (exact) mass is 462 g/mol. The summed E-state index contributed by atoms with van der Waals surface area (Å²) < 4.78 is 71.2. The molecular weight excluding hydrogens is 443 g/mol. The Hall–Kier alpha value is -3.91. The van der Waals surface area contributed by atoms with Crippen LogP contribution in [0.25, 0.3) is 21.9 Å². The van der Waals surface area contributed by atoms with Crippen molar-refractivity contribution in [2.24, 2.45) is 0 Å². The maximum absolute atomic E-state index is 14.7. The largest absolute Gasteiger partial charge is 0.206 e. The minimum Gasteiger partial charge on any atom is -0.206 e. The molecule has 0 saturated heterocycles. The van der Waals surface area contributed by atoms with Crippen LogP contribution in [-0.4, -0.2) is 0 Å². The number of allylic oxidation sites excluding steroid dienone is 2. The molecule has 0 amide bonds. The lowest BCUT2D eigenvalue weighted by atomic mass is 9.99. The molecule has 0 fully saturated rings. The highest BCUT2D eigenvalue weighted by Gasteiger charge is 2.14. The second-order valence-electron chi connectivity index (χ2n) is 7.78. The smallest absolute Gasteiger partial charge is 0.166 e. The number of benzene rings is 4.